The summed E-state index contributed by atoms with van der Waals surface area (Å²) >= 11 is 9.35. The molecule has 0 aliphatic heterocycles. The highest BCUT2D eigenvalue weighted by molar-refractivity contribution is 7.98. The summed E-state index contributed by atoms with van der Waals surface area (Å²) < 4.78 is 7.39. The van der Waals surface area contributed by atoms with E-state index in [1.54, 1.807) is 30.2 Å². The Morgan fingerprint density at radius 1 is 1.07 bits per heavy atom. The fourth-order valence-corrected chi connectivity index (χ4v) is 4.38. The highest BCUT2D eigenvalue weighted by Crippen LogP contribution is 2.32. The smallest absolute Gasteiger partial charge is 0.196 e. The van der Waals surface area contributed by atoms with Gasteiger partial charge in [0.2, 0.25) is 0 Å². The van der Waals surface area contributed by atoms with Crippen molar-refractivity contribution in [3.05, 3.63) is 76.6 Å². The second-order valence-corrected chi connectivity index (χ2v) is 8.06. The van der Waals surface area contributed by atoms with Gasteiger partial charge >= 0.3 is 0 Å². The zero-order chi connectivity index (χ0) is 18.6. The van der Waals surface area contributed by atoms with E-state index in [0.29, 0.717) is 5.02 Å². The predicted molar refractivity (Wildman–Crippen MR) is 112 cm³/mol. The predicted octanol–water partition coefficient (Wildman–Crippen LogP) is 5.95. The molecule has 0 saturated carbocycles. The van der Waals surface area contributed by atoms with Gasteiger partial charge in [-0.15, -0.1) is 21.5 Å². The van der Waals surface area contributed by atoms with Gasteiger partial charge in [-0.1, -0.05) is 41.6 Å². The lowest BCUT2D eigenvalue weighted by molar-refractivity contribution is 0.414. The number of benzene rings is 2. The molecule has 0 saturated heterocycles. The number of hydrogen-bond acceptors (Lipinski definition) is 5. The van der Waals surface area contributed by atoms with Gasteiger partial charge in [-0.25, -0.2) is 0 Å². The van der Waals surface area contributed by atoms with Gasteiger partial charge in [0.05, 0.1) is 12.0 Å². The number of aromatic nitrogens is 3. The molecule has 2 aromatic carbocycles. The molecule has 0 fully saturated rings. The minimum absolute atomic E-state index is 0.704. The minimum Gasteiger partial charge on any atom is -0.497 e. The molecule has 0 radical (unpaired) electrons. The van der Waals surface area contributed by atoms with Gasteiger partial charge in [0, 0.05) is 16.5 Å². The van der Waals surface area contributed by atoms with Crippen molar-refractivity contribution in [1.82, 2.24) is 14.8 Å². The molecule has 2 aromatic heterocycles. The summed E-state index contributed by atoms with van der Waals surface area (Å²) in [5.41, 5.74) is 2.16. The first kappa shape index (κ1) is 18.1. The van der Waals surface area contributed by atoms with Crippen LogP contribution in [0.3, 0.4) is 0 Å². The molecule has 0 aliphatic rings. The highest BCUT2D eigenvalue weighted by Gasteiger charge is 2.17. The topological polar surface area (TPSA) is 39.9 Å². The van der Waals surface area contributed by atoms with Crippen molar-refractivity contribution < 1.29 is 4.74 Å². The third-order valence-electron chi connectivity index (χ3n) is 3.96. The lowest BCUT2D eigenvalue weighted by Crippen LogP contribution is -1.99. The number of methoxy groups -OCH3 is 1. The molecule has 0 aliphatic carbocycles. The summed E-state index contributed by atoms with van der Waals surface area (Å²) in [5, 5.41) is 12.5. The van der Waals surface area contributed by atoms with Crippen molar-refractivity contribution in [3.8, 4) is 22.1 Å². The van der Waals surface area contributed by atoms with Crippen LogP contribution in [0.4, 0.5) is 0 Å². The van der Waals surface area contributed by atoms with E-state index >= 15 is 0 Å². The lowest BCUT2D eigenvalue weighted by atomic mass is 10.2. The SMILES string of the molecule is COc1cccc(CSc2nnc(-c3cccs3)n2-c2ccc(Cl)cc2)c1. The number of ether oxygens (including phenoxy) is 1. The standard InChI is InChI=1S/C20H16ClN3OS2/c1-25-17-5-2-4-14(12-17)13-27-20-23-22-19(18-6-3-11-26-18)24(20)16-9-7-15(21)8-10-16/h2-12H,13H2,1H3. The molecule has 27 heavy (non-hydrogen) atoms. The summed E-state index contributed by atoms with van der Waals surface area (Å²) in [7, 11) is 1.68. The van der Waals surface area contributed by atoms with E-state index < -0.39 is 0 Å². The average Bonchev–Trinajstić information content (AvgIpc) is 3.37. The van der Waals surface area contributed by atoms with Gasteiger partial charge in [-0.3, -0.25) is 4.57 Å². The molecule has 0 spiro atoms. The summed E-state index contributed by atoms with van der Waals surface area (Å²) in [6.07, 6.45) is 0. The molecule has 136 valence electrons. The molecule has 0 unspecified atom stereocenters. The third kappa shape index (κ3) is 4.03. The minimum atomic E-state index is 0.704. The maximum atomic E-state index is 6.07. The summed E-state index contributed by atoms with van der Waals surface area (Å²) in [6, 6.07) is 19.9. The van der Waals surface area contributed by atoms with Gasteiger partial charge in [-0.05, 0) is 53.4 Å². The van der Waals surface area contributed by atoms with Crippen LogP contribution in [0.15, 0.2) is 71.2 Å². The quantitative estimate of drug-likeness (QED) is 0.366. The van der Waals surface area contributed by atoms with E-state index in [0.717, 1.165) is 33.0 Å². The Balaban J connectivity index is 1.68. The normalized spacial score (nSPS) is 10.9. The molecular formula is C20H16ClN3OS2. The van der Waals surface area contributed by atoms with Crippen molar-refractivity contribution in [2.45, 2.75) is 10.9 Å². The third-order valence-corrected chi connectivity index (χ3v) is 6.08. The first-order valence-electron chi connectivity index (χ1n) is 8.25. The molecular weight excluding hydrogens is 398 g/mol. The fraction of sp³-hybridized carbons (Fsp3) is 0.100. The molecule has 0 atom stereocenters. The first-order valence-corrected chi connectivity index (χ1v) is 10.5. The van der Waals surface area contributed by atoms with Gasteiger partial charge in [0.1, 0.15) is 5.75 Å². The zero-order valence-electron chi connectivity index (χ0n) is 14.5. The van der Waals surface area contributed by atoms with E-state index in [9.17, 15) is 0 Å². The van der Waals surface area contributed by atoms with Gasteiger partial charge in [-0.2, -0.15) is 0 Å². The van der Waals surface area contributed by atoms with Crippen LogP contribution in [-0.2, 0) is 5.75 Å². The van der Waals surface area contributed by atoms with Crippen molar-refractivity contribution in [2.24, 2.45) is 0 Å². The van der Waals surface area contributed by atoms with Gasteiger partial charge in [0.25, 0.3) is 0 Å². The average molecular weight is 414 g/mol. The van der Waals surface area contributed by atoms with Crippen LogP contribution in [0.1, 0.15) is 5.56 Å². The Morgan fingerprint density at radius 3 is 2.67 bits per heavy atom. The van der Waals surface area contributed by atoms with Crippen molar-refractivity contribution >= 4 is 34.7 Å². The number of halogens is 1. The monoisotopic (exact) mass is 413 g/mol. The summed E-state index contributed by atoms with van der Waals surface area (Å²) in [6.45, 7) is 0. The number of rotatable bonds is 6. The summed E-state index contributed by atoms with van der Waals surface area (Å²) in [5.74, 6) is 2.46. The molecule has 4 aromatic rings. The second kappa shape index (κ2) is 8.17. The maximum Gasteiger partial charge on any atom is 0.196 e. The number of hydrogen-bond donors (Lipinski definition) is 0. The Hall–Kier alpha value is -2.28. The molecule has 4 rings (SSSR count). The van der Waals surface area contributed by atoms with E-state index in [2.05, 4.69) is 26.9 Å². The Kier molecular flexibility index (Phi) is 5.48. The Morgan fingerprint density at radius 2 is 1.93 bits per heavy atom. The highest BCUT2D eigenvalue weighted by atomic mass is 35.5. The Bertz CT molecular complexity index is 1030. The van der Waals surface area contributed by atoms with Crippen LogP contribution in [0.25, 0.3) is 16.4 Å². The van der Waals surface area contributed by atoms with Crippen LogP contribution in [-0.4, -0.2) is 21.9 Å². The Labute approximate surface area is 170 Å². The van der Waals surface area contributed by atoms with E-state index in [1.807, 2.05) is 53.9 Å². The lowest BCUT2D eigenvalue weighted by Gasteiger charge is -2.10. The van der Waals surface area contributed by atoms with Crippen molar-refractivity contribution in [3.63, 3.8) is 0 Å². The molecule has 0 bridgehead atoms. The second-order valence-electron chi connectivity index (χ2n) is 5.74. The van der Waals surface area contributed by atoms with Crippen LogP contribution in [0.2, 0.25) is 5.02 Å². The van der Waals surface area contributed by atoms with Crippen LogP contribution >= 0.6 is 34.7 Å². The van der Waals surface area contributed by atoms with E-state index in [-0.39, 0.29) is 0 Å². The number of nitrogens with zero attached hydrogens (tertiary/aromatic N) is 3. The fourth-order valence-electron chi connectivity index (χ4n) is 2.66. The van der Waals surface area contributed by atoms with Crippen LogP contribution in [0.5, 0.6) is 5.75 Å². The number of thioether (sulfide) groups is 1. The van der Waals surface area contributed by atoms with Gasteiger partial charge in [0.15, 0.2) is 11.0 Å². The number of thiophene rings is 1. The van der Waals surface area contributed by atoms with Crippen LogP contribution < -0.4 is 4.74 Å². The molecule has 0 amide bonds. The zero-order valence-corrected chi connectivity index (χ0v) is 16.9. The largest absolute Gasteiger partial charge is 0.497 e. The molecule has 7 heteroatoms. The molecule has 0 N–H and O–H groups in total. The van der Waals surface area contributed by atoms with E-state index in [1.165, 1.54) is 5.56 Å². The molecule has 2 heterocycles. The van der Waals surface area contributed by atoms with Gasteiger partial charge < -0.3 is 4.74 Å². The molecule has 4 nitrogen and oxygen atoms in total. The van der Waals surface area contributed by atoms with Crippen molar-refractivity contribution in [2.75, 3.05) is 7.11 Å². The van der Waals surface area contributed by atoms with Crippen LogP contribution in [0, 0.1) is 0 Å². The van der Waals surface area contributed by atoms with Crippen molar-refractivity contribution in [1.29, 1.82) is 0 Å². The maximum absolute atomic E-state index is 6.07. The van der Waals surface area contributed by atoms with E-state index in [4.69, 9.17) is 16.3 Å². The summed E-state index contributed by atoms with van der Waals surface area (Å²) in [4.78, 5) is 1.07. The first-order chi connectivity index (χ1) is 13.2.